The number of halogens is 3. The van der Waals surface area contributed by atoms with Gasteiger partial charge in [-0.15, -0.1) is 0 Å². The zero-order chi connectivity index (χ0) is 23.3. The maximum absolute atomic E-state index is 14.3. The lowest BCUT2D eigenvalue weighted by atomic mass is 9.80. The molecular formula is C26H20ClF2N3O. The van der Waals surface area contributed by atoms with Gasteiger partial charge in [-0.2, -0.15) is 0 Å². The molecule has 4 nitrogen and oxygen atoms in total. The summed E-state index contributed by atoms with van der Waals surface area (Å²) >= 11 is 6.06. The summed E-state index contributed by atoms with van der Waals surface area (Å²) in [6.07, 6.45) is 1.75. The zero-order valence-electron chi connectivity index (χ0n) is 17.4. The molecule has 0 aliphatic rings. The van der Waals surface area contributed by atoms with Crippen molar-refractivity contribution in [2.75, 3.05) is 5.32 Å². The molecular weight excluding hydrogens is 444 g/mol. The summed E-state index contributed by atoms with van der Waals surface area (Å²) in [6, 6.07) is 23.8. The summed E-state index contributed by atoms with van der Waals surface area (Å²) in [4.78, 5) is 17.6. The van der Waals surface area contributed by atoms with Crippen molar-refractivity contribution in [3.63, 3.8) is 0 Å². The highest BCUT2D eigenvalue weighted by atomic mass is 35.5. The number of benzene rings is 3. The average molecular weight is 464 g/mol. The third-order valence-electron chi connectivity index (χ3n) is 5.20. The largest absolute Gasteiger partial charge is 0.322 e. The number of urea groups is 1. The van der Waals surface area contributed by atoms with Crippen LogP contribution in [0.2, 0.25) is 5.02 Å². The number of nitrogens with one attached hydrogen (secondary N) is 2. The first-order valence-corrected chi connectivity index (χ1v) is 10.6. The minimum Gasteiger partial charge on any atom is -0.322 e. The maximum atomic E-state index is 14.3. The number of nitrogens with zero attached hydrogens (tertiary/aromatic N) is 1. The Morgan fingerprint density at radius 3 is 2.27 bits per heavy atom. The molecule has 1 unspecified atom stereocenters. The van der Waals surface area contributed by atoms with Crippen LogP contribution < -0.4 is 10.6 Å². The van der Waals surface area contributed by atoms with Crippen LogP contribution in [0.3, 0.4) is 0 Å². The lowest BCUT2D eigenvalue weighted by Crippen LogP contribution is -2.50. The van der Waals surface area contributed by atoms with Crippen molar-refractivity contribution < 1.29 is 13.6 Å². The number of anilines is 1. The smallest absolute Gasteiger partial charge is 0.320 e. The Kier molecular flexibility index (Phi) is 6.66. The predicted octanol–water partition coefficient (Wildman–Crippen LogP) is 6.32. The molecule has 1 atom stereocenters. The molecule has 2 amide bonds. The standard InChI is InChI=1S/C26H20ClF2N3O/c27-20-12-13-24(30-17-20)26(16-18-6-2-1-3-7-18,19-8-4-9-21(28)14-19)32-25(33)31-23-11-5-10-22(29)15-23/h1-15,17H,16H2,(H2,31,32,33). The summed E-state index contributed by atoms with van der Waals surface area (Å²) in [5.41, 5.74) is 0.895. The number of carbonyl (C=O) groups excluding carboxylic acids is 1. The Balaban J connectivity index is 1.82. The van der Waals surface area contributed by atoms with Gasteiger partial charge in [0, 0.05) is 18.3 Å². The lowest BCUT2D eigenvalue weighted by Gasteiger charge is -2.35. The molecule has 0 saturated heterocycles. The number of carbonyl (C=O) groups is 1. The molecule has 4 aromatic rings. The Bertz CT molecular complexity index is 1250. The second-order valence-corrected chi connectivity index (χ2v) is 7.97. The number of hydrogen-bond acceptors (Lipinski definition) is 2. The van der Waals surface area contributed by atoms with Gasteiger partial charge in [0.25, 0.3) is 0 Å². The summed E-state index contributed by atoms with van der Waals surface area (Å²) in [5, 5.41) is 6.06. The maximum Gasteiger partial charge on any atom is 0.320 e. The van der Waals surface area contributed by atoms with Gasteiger partial charge in [0.05, 0.1) is 10.7 Å². The summed E-state index contributed by atoms with van der Waals surface area (Å²) in [7, 11) is 0. The molecule has 0 aliphatic heterocycles. The predicted molar refractivity (Wildman–Crippen MR) is 125 cm³/mol. The Morgan fingerprint density at radius 1 is 0.879 bits per heavy atom. The highest BCUT2D eigenvalue weighted by Gasteiger charge is 2.38. The highest BCUT2D eigenvalue weighted by Crippen LogP contribution is 2.33. The molecule has 2 N–H and O–H groups in total. The Labute approximate surface area is 195 Å². The molecule has 0 saturated carbocycles. The molecule has 3 aromatic carbocycles. The molecule has 1 aromatic heterocycles. The van der Waals surface area contributed by atoms with Crippen molar-refractivity contribution in [1.82, 2.24) is 10.3 Å². The first kappa shape index (κ1) is 22.4. The van der Waals surface area contributed by atoms with E-state index in [9.17, 15) is 13.6 Å². The zero-order valence-corrected chi connectivity index (χ0v) is 18.2. The van der Waals surface area contributed by atoms with Crippen LogP contribution in [0, 0.1) is 11.6 Å². The minimum atomic E-state index is -1.24. The van der Waals surface area contributed by atoms with E-state index >= 15 is 0 Å². The van der Waals surface area contributed by atoms with Gasteiger partial charge in [-0.05, 0) is 53.6 Å². The van der Waals surface area contributed by atoms with Gasteiger partial charge in [-0.1, -0.05) is 60.1 Å². The van der Waals surface area contributed by atoms with Gasteiger partial charge in [0.2, 0.25) is 0 Å². The van der Waals surface area contributed by atoms with E-state index < -0.39 is 23.2 Å². The first-order chi connectivity index (χ1) is 15.9. The van der Waals surface area contributed by atoms with Crippen LogP contribution in [0.5, 0.6) is 0 Å². The highest BCUT2D eigenvalue weighted by molar-refractivity contribution is 6.30. The number of aromatic nitrogens is 1. The van der Waals surface area contributed by atoms with Crippen molar-refractivity contribution in [3.05, 3.63) is 131 Å². The van der Waals surface area contributed by atoms with Crippen molar-refractivity contribution in [2.45, 2.75) is 12.0 Å². The average Bonchev–Trinajstić information content (AvgIpc) is 2.80. The monoisotopic (exact) mass is 463 g/mol. The van der Waals surface area contributed by atoms with Gasteiger partial charge >= 0.3 is 6.03 Å². The second-order valence-electron chi connectivity index (χ2n) is 7.53. The van der Waals surface area contributed by atoms with Crippen molar-refractivity contribution in [2.24, 2.45) is 0 Å². The van der Waals surface area contributed by atoms with Crippen LogP contribution in [0.4, 0.5) is 19.3 Å². The number of amides is 2. The van der Waals surface area contributed by atoms with E-state index in [0.29, 0.717) is 16.3 Å². The van der Waals surface area contributed by atoms with Crippen molar-refractivity contribution in [3.8, 4) is 0 Å². The van der Waals surface area contributed by atoms with Crippen LogP contribution in [0.25, 0.3) is 0 Å². The lowest BCUT2D eigenvalue weighted by molar-refractivity contribution is 0.241. The fourth-order valence-corrected chi connectivity index (χ4v) is 3.84. The van der Waals surface area contributed by atoms with Crippen molar-refractivity contribution >= 4 is 23.3 Å². The minimum absolute atomic E-state index is 0.280. The van der Waals surface area contributed by atoms with E-state index in [0.717, 1.165) is 5.56 Å². The molecule has 0 radical (unpaired) electrons. The molecule has 7 heteroatoms. The Morgan fingerprint density at radius 2 is 1.61 bits per heavy atom. The van der Waals surface area contributed by atoms with E-state index in [1.807, 2.05) is 30.3 Å². The van der Waals surface area contributed by atoms with E-state index in [4.69, 9.17) is 11.6 Å². The molecule has 0 fully saturated rings. The quantitative estimate of drug-likeness (QED) is 0.351. The number of hydrogen-bond donors (Lipinski definition) is 2. The summed E-state index contributed by atoms with van der Waals surface area (Å²) in [5.74, 6) is -0.931. The summed E-state index contributed by atoms with van der Waals surface area (Å²) in [6.45, 7) is 0. The van der Waals surface area contributed by atoms with Gasteiger partial charge < -0.3 is 10.6 Å². The molecule has 0 bridgehead atoms. The van der Waals surface area contributed by atoms with Crippen LogP contribution >= 0.6 is 11.6 Å². The van der Waals surface area contributed by atoms with Crippen molar-refractivity contribution in [1.29, 1.82) is 0 Å². The molecule has 0 spiro atoms. The molecule has 0 aliphatic carbocycles. The van der Waals surface area contributed by atoms with Gasteiger partial charge in [0.15, 0.2) is 0 Å². The number of pyridine rings is 1. The van der Waals surface area contributed by atoms with E-state index in [1.54, 1.807) is 30.3 Å². The number of rotatable bonds is 6. The molecule has 4 rings (SSSR count). The fourth-order valence-electron chi connectivity index (χ4n) is 3.73. The third-order valence-corrected chi connectivity index (χ3v) is 5.43. The molecule has 33 heavy (non-hydrogen) atoms. The van der Waals surface area contributed by atoms with Crippen LogP contribution in [0.15, 0.2) is 97.2 Å². The topological polar surface area (TPSA) is 54.0 Å². The second kappa shape index (κ2) is 9.79. The van der Waals surface area contributed by atoms with E-state index in [-0.39, 0.29) is 12.1 Å². The van der Waals surface area contributed by atoms with Gasteiger partial charge in [0.1, 0.15) is 17.2 Å². The first-order valence-electron chi connectivity index (χ1n) is 10.2. The third kappa shape index (κ3) is 5.35. The van der Waals surface area contributed by atoms with Gasteiger partial charge in [-0.25, -0.2) is 13.6 Å². The van der Waals surface area contributed by atoms with Crippen LogP contribution in [0.1, 0.15) is 16.8 Å². The van der Waals surface area contributed by atoms with E-state index in [2.05, 4.69) is 15.6 Å². The molecule has 166 valence electrons. The van der Waals surface area contributed by atoms with Crippen LogP contribution in [-0.2, 0) is 12.0 Å². The fraction of sp³-hybridized carbons (Fsp3) is 0.0769. The van der Waals surface area contributed by atoms with E-state index in [1.165, 1.54) is 36.5 Å². The van der Waals surface area contributed by atoms with Gasteiger partial charge in [-0.3, -0.25) is 4.98 Å². The van der Waals surface area contributed by atoms with Crippen LogP contribution in [-0.4, -0.2) is 11.0 Å². The SMILES string of the molecule is O=C(Nc1cccc(F)c1)NC(Cc1ccccc1)(c1cccc(F)c1)c1ccc(Cl)cn1. The summed E-state index contributed by atoms with van der Waals surface area (Å²) < 4.78 is 28.0. The normalized spacial score (nSPS) is 12.6. The molecule has 1 heterocycles. The Hall–Kier alpha value is -3.77.